The summed E-state index contributed by atoms with van der Waals surface area (Å²) in [6, 6.07) is 5.36. The third kappa shape index (κ3) is 5.86. The van der Waals surface area contributed by atoms with Gasteiger partial charge < -0.3 is 20.3 Å². The number of fused-ring (bicyclic) bond motifs is 1. The van der Waals surface area contributed by atoms with Gasteiger partial charge in [-0.2, -0.15) is 0 Å². The van der Waals surface area contributed by atoms with Crippen LogP contribution in [-0.4, -0.2) is 77.7 Å². The van der Waals surface area contributed by atoms with Gasteiger partial charge in [-0.05, 0) is 17.5 Å². The number of hydrogen-bond acceptors (Lipinski definition) is 8. The Morgan fingerprint density at radius 2 is 1.85 bits per heavy atom. The van der Waals surface area contributed by atoms with E-state index in [9.17, 15) is 14.4 Å². The van der Waals surface area contributed by atoms with Gasteiger partial charge in [-0.25, -0.2) is 19.0 Å². The molecule has 0 spiro atoms. The summed E-state index contributed by atoms with van der Waals surface area (Å²) in [5.41, 5.74) is 2.32. The van der Waals surface area contributed by atoms with Crippen molar-refractivity contribution in [3.8, 4) is 0 Å². The summed E-state index contributed by atoms with van der Waals surface area (Å²) in [4.78, 5) is 46.3. The lowest BCUT2D eigenvalue weighted by molar-refractivity contribution is -0.155. The van der Waals surface area contributed by atoms with E-state index in [1.807, 2.05) is 6.07 Å². The Hall–Kier alpha value is -3.02. The summed E-state index contributed by atoms with van der Waals surface area (Å²) in [6.45, 7) is 9.41. The summed E-state index contributed by atoms with van der Waals surface area (Å²) in [6.07, 6.45) is 1.04. The molecule has 11 nitrogen and oxygen atoms in total. The first-order valence-electron chi connectivity index (χ1n) is 11.0. The smallest absolute Gasteiger partial charge is 0.347 e. The maximum Gasteiger partial charge on any atom is 0.347 e. The standard InChI is InChI=1S/C22H32N6O5/c1-22(2,3)18(19(29)33-24-9-8-23)25-20(30)28-17-7-5-4-6-16(17)27(21(28)31)11-10-26-12-14-32-15-13-26/h4-8,18,23-24H,9-15H2,1-3H3,(H,25,30)/t18-/m1/s1. The van der Waals surface area contributed by atoms with Crippen LogP contribution in [-0.2, 0) is 20.9 Å². The molecule has 1 fully saturated rings. The highest BCUT2D eigenvalue weighted by Gasteiger charge is 2.35. The normalized spacial score (nSPS) is 15.8. The van der Waals surface area contributed by atoms with Crippen molar-refractivity contribution in [1.29, 1.82) is 5.41 Å². The maximum absolute atomic E-state index is 13.3. The van der Waals surface area contributed by atoms with Crippen LogP contribution in [0.2, 0.25) is 0 Å². The SMILES string of the molecule is CC(C)(C)[C@H](NC(=O)n1c(=O)n(CCN2CCOCC2)c2ccccc21)C(=O)ONCC=N. The molecule has 33 heavy (non-hydrogen) atoms. The van der Waals surface area contributed by atoms with Gasteiger partial charge in [0.1, 0.15) is 6.04 Å². The molecule has 1 aromatic carbocycles. The fourth-order valence-corrected chi connectivity index (χ4v) is 3.72. The van der Waals surface area contributed by atoms with E-state index in [-0.39, 0.29) is 6.54 Å². The fourth-order valence-electron chi connectivity index (χ4n) is 3.72. The van der Waals surface area contributed by atoms with Gasteiger partial charge in [-0.1, -0.05) is 32.9 Å². The number of rotatable bonds is 8. The quantitative estimate of drug-likeness (QED) is 0.302. The molecule has 11 heteroatoms. The van der Waals surface area contributed by atoms with E-state index in [2.05, 4.69) is 15.7 Å². The molecular weight excluding hydrogens is 428 g/mol. The topological polar surface area (TPSA) is 131 Å². The maximum atomic E-state index is 13.3. The zero-order valence-corrected chi connectivity index (χ0v) is 19.3. The van der Waals surface area contributed by atoms with Gasteiger partial charge in [0.15, 0.2) is 0 Å². The zero-order chi connectivity index (χ0) is 24.0. The Bertz CT molecular complexity index is 1050. The fraction of sp³-hybridized carbons (Fsp3) is 0.545. The molecular formula is C22H32N6O5. The first-order valence-corrected chi connectivity index (χ1v) is 11.0. The van der Waals surface area contributed by atoms with Crippen molar-refractivity contribution in [1.82, 2.24) is 24.8 Å². The van der Waals surface area contributed by atoms with Gasteiger partial charge >= 0.3 is 17.7 Å². The van der Waals surface area contributed by atoms with Crippen molar-refractivity contribution in [2.45, 2.75) is 33.4 Å². The third-order valence-electron chi connectivity index (χ3n) is 5.51. The summed E-state index contributed by atoms with van der Waals surface area (Å²) in [5.74, 6) is -0.707. The largest absolute Gasteiger partial charge is 0.379 e. The molecule has 1 atom stereocenters. The molecule has 1 aromatic heterocycles. The summed E-state index contributed by atoms with van der Waals surface area (Å²) < 4.78 is 8.02. The third-order valence-corrected chi connectivity index (χ3v) is 5.51. The van der Waals surface area contributed by atoms with Gasteiger partial charge in [0.2, 0.25) is 0 Å². The molecule has 0 radical (unpaired) electrons. The highest BCUT2D eigenvalue weighted by atomic mass is 16.7. The van der Waals surface area contributed by atoms with Gasteiger partial charge in [0.25, 0.3) is 0 Å². The highest BCUT2D eigenvalue weighted by molar-refractivity contribution is 5.92. The molecule has 0 aliphatic carbocycles. The number of hydroxylamine groups is 1. The lowest BCUT2D eigenvalue weighted by Gasteiger charge is -2.29. The van der Waals surface area contributed by atoms with Gasteiger partial charge in [0, 0.05) is 32.4 Å². The van der Waals surface area contributed by atoms with Crippen LogP contribution in [0.1, 0.15) is 20.8 Å². The molecule has 1 aliphatic rings. The summed E-state index contributed by atoms with van der Waals surface area (Å²) in [5, 5.41) is 9.67. The predicted molar refractivity (Wildman–Crippen MR) is 124 cm³/mol. The van der Waals surface area contributed by atoms with Crippen LogP contribution in [0.3, 0.4) is 0 Å². The first kappa shape index (κ1) is 24.6. The molecule has 0 saturated carbocycles. The number of aromatic nitrogens is 2. The van der Waals surface area contributed by atoms with Crippen LogP contribution in [0.25, 0.3) is 11.0 Å². The Morgan fingerprint density at radius 1 is 1.18 bits per heavy atom. The van der Waals surface area contributed by atoms with Crippen LogP contribution in [0.15, 0.2) is 29.1 Å². The van der Waals surface area contributed by atoms with E-state index in [0.717, 1.165) is 23.9 Å². The monoisotopic (exact) mass is 460 g/mol. The zero-order valence-electron chi connectivity index (χ0n) is 19.3. The average molecular weight is 461 g/mol. The minimum absolute atomic E-state index is 0.0483. The Balaban J connectivity index is 1.86. The number of para-hydroxylation sites is 2. The van der Waals surface area contributed by atoms with Crippen molar-refractivity contribution in [3.63, 3.8) is 0 Å². The number of nitrogens with zero attached hydrogens (tertiary/aromatic N) is 3. The van der Waals surface area contributed by atoms with Gasteiger partial charge in [-0.15, -0.1) is 5.48 Å². The number of imidazole rings is 1. The number of ether oxygens (including phenoxy) is 1. The van der Waals surface area contributed by atoms with Gasteiger partial charge in [0.05, 0.1) is 30.8 Å². The second-order valence-electron chi connectivity index (χ2n) is 8.93. The van der Waals surface area contributed by atoms with Crippen molar-refractivity contribution in [3.05, 3.63) is 34.7 Å². The Morgan fingerprint density at radius 3 is 2.48 bits per heavy atom. The molecule has 0 bridgehead atoms. The van der Waals surface area contributed by atoms with Crippen molar-refractivity contribution in [2.75, 3.05) is 39.4 Å². The Labute approximate surface area is 192 Å². The van der Waals surface area contributed by atoms with Crippen molar-refractivity contribution < 1.29 is 19.2 Å². The number of carbonyl (C=O) groups is 2. The van der Waals surface area contributed by atoms with Crippen LogP contribution >= 0.6 is 0 Å². The number of carbonyl (C=O) groups excluding carboxylic acids is 2. The lowest BCUT2D eigenvalue weighted by atomic mass is 9.87. The van der Waals surface area contributed by atoms with Crippen molar-refractivity contribution in [2.24, 2.45) is 5.41 Å². The summed E-state index contributed by atoms with van der Waals surface area (Å²) >= 11 is 0. The van der Waals surface area contributed by atoms with E-state index in [1.54, 1.807) is 43.5 Å². The molecule has 1 saturated heterocycles. The molecule has 180 valence electrons. The first-order chi connectivity index (χ1) is 15.7. The molecule has 3 N–H and O–H groups in total. The molecule has 2 aromatic rings. The number of hydrogen-bond donors (Lipinski definition) is 3. The number of nitrogens with one attached hydrogen (secondary N) is 3. The second kappa shape index (κ2) is 10.7. The summed E-state index contributed by atoms with van der Waals surface area (Å²) in [7, 11) is 0. The van der Waals surface area contributed by atoms with E-state index < -0.39 is 29.1 Å². The predicted octanol–water partition coefficient (Wildman–Crippen LogP) is 0.805. The second-order valence-corrected chi connectivity index (χ2v) is 8.93. The van der Waals surface area contributed by atoms with E-state index in [0.29, 0.717) is 37.3 Å². The lowest BCUT2D eigenvalue weighted by Crippen LogP contribution is -2.53. The van der Waals surface area contributed by atoms with Gasteiger partial charge in [-0.3, -0.25) is 9.47 Å². The minimum atomic E-state index is -1.02. The van der Waals surface area contributed by atoms with E-state index in [1.165, 1.54) is 0 Å². The molecule has 0 unspecified atom stereocenters. The number of amides is 1. The highest BCUT2D eigenvalue weighted by Crippen LogP contribution is 2.21. The molecule has 1 aliphatic heterocycles. The van der Waals surface area contributed by atoms with Crippen LogP contribution < -0.4 is 16.5 Å². The van der Waals surface area contributed by atoms with E-state index >= 15 is 0 Å². The van der Waals surface area contributed by atoms with Crippen molar-refractivity contribution >= 4 is 29.2 Å². The van der Waals surface area contributed by atoms with Crippen LogP contribution in [0.5, 0.6) is 0 Å². The molecule has 3 rings (SSSR count). The van der Waals surface area contributed by atoms with Crippen LogP contribution in [0.4, 0.5) is 4.79 Å². The Kier molecular flexibility index (Phi) is 8.01. The molecule has 1 amide bonds. The average Bonchev–Trinajstić information content (AvgIpc) is 3.07. The minimum Gasteiger partial charge on any atom is -0.379 e. The molecule has 2 heterocycles. The number of benzene rings is 1. The number of morpholine rings is 1. The van der Waals surface area contributed by atoms with Crippen LogP contribution in [0, 0.1) is 10.8 Å². The van der Waals surface area contributed by atoms with E-state index in [4.69, 9.17) is 15.0 Å².